The molecule has 0 saturated carbocycles. The maximum Gasteiger partial charge on any atom is 0.573 e. The summed E-state index contributed by atoms with van der Waals surface area (Å²) in [5.41, 5.74) is 1.43. The second kappa shape index (κ2) is 7.50. The fourth-order valence-electron chi connectivity index (χ4n) is 2.53. The van der Waals surface area contributed by atoms with E-state index < -0.39 is 6.36 Å². The first-order valence-electron chi connectivity index (χ1n) is 7.33. The summed E-state index contributed by atoms with van der Waals surface area (Å²) < 4.78 is 41.1. The number of phenolic OH excluding ortho intramolecular Hbond substituents is 1. The van der Waals surface area contributed by atoms with Gasteiger partial charge in [-0.15, -0.1) is 24.9 Å². The van der Waals surface area contributed by atoms with Crippen LogP contribution in [0, 0.1) is 0 Å². The van der Waals surface area contributed by atoms with E-state index in [9.17, 15) is 18.3 Å². The van der Waals surface area contributed by atoms with Gasteiger partial charge in [-0.05, 0) is 40.8 Å². The topological polar surface area (TPSA) is 32.7 Å². The Hall–Kier alpha value is -1.70. The molecule has 0 aromatic heterocycles. The summed E-state index contributed by atoms with van der Waals surface area (Å²) in [6, 6.07) is 9.05. The van der Waals surface area contributed by atoms with Gasteiger partial charge in [0.2, 0.25) is 0 Å². The summed E-state index contributed by atoms with van der Waals surface area (Å²) in [5.74, 6) is -0.449. The number of ether oxygens (including phenoxy) is 1. The zero-order valence-corrected chi connectivity index (χ0v) is 15.3. The van der Waals surface area contributed by atoms with Crippen molar-refractivity contribution in [3.63, 3.8) is 0 Å². The fourth-order valence-corrected chi connectivity index (χ4v) is 4.00. The quantitative estimate of drug-likeness (QED) is 0.626. The molecule has 1 N–H and O–H groups in total. The predicted molar refractivity (Wildman–Crippen MR) is 96.3 cm³/mol. The normalized spacial score (nSPS) is 17.0. The Morgan fingerprint density at radius 1 is 1.15 bits per heavy atom. The van der Waals surface area contributed by atoms with E-state index in [-0.39, 0.29) is 26.9 Å². The van der Waals surface area contributed by atoms with Crippen LogP contribution < -0.4 is 4.74 Å². The zero-order chi connectivity index (χ0) is 18.9. The summed E-state index contributed by atoms with van der Waals surface area (Å²) in [6.07, 6.45) is -2.90. The van der Waals surface area contributed by atoms with E-state index in [1.54, 1.807) is 18.2 Å². The SMILES string of the molecule is Oc1c(Cl)cc(C2SC=CN2Cc2cccc(OC(F)(F)F)c2)cc1Cl. The van der Waals surface area contributed by atoms with E-state index in [0.717, 1.165) is 5.56 Å². The first-order chi connectivity index (χ1) is 12.2. The number of hydrogen-bond acceptors (Lipinski definition) is 4. The van der Waals surface area contributed by atoms with Crippen LogP contribution in [0.2, 0.25) is 10.0 Å². The van der Waals surface area contributed by atoms with Crippen LogP contribution in [0.15, 0.2) is 48.0 Å². The van der Waals surface area contributed by atoms with Gasteiger partial charge < -0.3 is 14.7 Å². The van der Waals surface area contributed by atoms with Crippen LogP contribution in [0.1, 0.15) is 16.5 Å². The van der Waals surface area contributed by atoms with Crippen LogP contribution in [0.5, 0.6) is 11.5 Å². The average Bonchev–Trinajstić information content (AvgIpc) is 2.99. The molecule has 0 aliphatic carbocycles. The minimum absolute atomic E-state index is 0.139. The van der Waals surface area contributed by atoms with Gasteiger partial charge in [0.1, 0.15) is 11.1 Å². The summed E-state index contributed by atoms with van der Waals surface area (Å²) in [5, 5.41) is 11.7. The molecule has 0 fully saturated rings. The van der Waals surface area contributed by atoms with Crippen molar-refractivity contribution < 1.29 is 23.0 Å². The summed E-state index contributed by atoms with van der Waals surface area (Å²) in [7, 11) is 0. The van der Waals surface area contributed by atoms with Crippen molar-refractivity contribution in [1.29, 1.82) is 0 Å². The number of thioether (sulfide) groups is 1. The molecule has 138 valence electrons. The van der Waals surface area contributed by atoms with Gasteiger partial charge in [-0.1, -0.05) is 35.3 Å². The lowest BCUT2D eigenvalue weighted by Gasteiger charge is -2.26. The Bertz CT molecular complexity index is 822. The molecule has 9 heteroatoms. The second-order valence-electron chi connectivity index (χ2n) is 5.47. The Morgan fingerprint density at radius 2 is 1.85 bits per heavy atom. The summed E-state index contributed by atoms with van der Waals surface area (Å²) >= 11 is 13.5. The highest BCUT2D eigenvalue weighted by Gasteiger charge is 2.31. The highest BCUT2D eigenvalue weighted by Crippen LogP contribution is 2.43. The minimum Gasteiger partial charge on any atom is -0.505 e. The molecule has 0 amide bonds. The molecular weight excluding hydrogens is 410 g/mol. The Kier molecular flexibility index (Phi) is 5.50. The molecule has 2 aromatic carbocycles. The Balaban J connectivity index is 1.79. The van der Waals surface area contributed by atoms with Crippen molar-refractivity contribution in [3.8, 4) is 11.5 Å². The molecule has 1 unspecified atom stereocenters. The van der Waals surface area contributed by atoms with Crippen LogP contribution in [0.25, 0.3) is 0 Å². The Labute approximate surface area is 162 Å². The number of benzene rings is 2. The molecule has 1 atom stereocenters. The summed E-state index contributed by atoms with van der Waals surface area (Å²) in [4.78, 5) is 1.93. The largest absolute Gasteiger partial charge is 0.573 e. The number of alkyl halides is 3. The number of rotatable bonds is 4. The lowest BCUT2D eigenvalue weighted by molar-refractivity contribution is -0.274. The first-order valence-corrected chi connectivity index (χ1v) is 9.03. The molecule has 0 radical (unpaired) electrons. The van der Waals surface area contributed by atoms with Crippen LogP contribution in [-0.2, 0) is 6.54 Å². The number of halogens is 5. The molecule has 1 aliphatic heterocycles. The van der Waals surface area contributed by atoms with Crippen LogP contribution >= 0.6 is 35.0 Å². The first kappa shape index (κ1) is 19.1. The van der Waals surface area contributed by atoms with E-state index in [1.807, 2.05) is 16.5 Å². The van der Waals surface area contributed by atoms with E-state index in [0.29, 0.717) is 12.1 Å². The van der Waals surface area contributed by atoms with Crippen molar-refractivity contribution in [2.45, 2.75) is 18.3 Å². The molecule has 1 heterocycles. The van der Waals surface area contributed by atoms with Crippen LogP contribution in [0.3, 0.4) is 0 Å². The van der Waals surface area contributed by atoms with Crippen LogP contribution in [-0.4, -0.2) is 16.4 Å². The van der Waals surface area contributed by atoms with Gasteiger partial charge in [-0.3, -0.25) is 0 Å². The standard InChI is InChI=1S/C17H12Cl2F3NO2S/c18-13-7-11(8-14(19)15(13)24)16-23(4-5-26-16)9-10-2-1-3-12(6-10)25-17(20,21)22/h1-8,16,24H,9H2. The van der Waals surface area contributed by atoms with Gasteiger partial charge >= 0.3 is 6.36 Å². The van der Waals surface area contributed by atoms with E-state index in [4.69, 9.17) is 23.2 Å². The minimum atomic E-state index is -4.73. The molecule has 0 saturated heterocycles. The van der Waals surface area contributed by atoms with Crippen LogP contribution in [0.4, 0.5) is 13.2 Å². The number of nitrogens with zero attached hydrogens (tertiary/aromatic N) is 1. The third-order valence-corrected chi connectivity index (χ3v) is 5.24. The lowest BCUT2D eigenvalue weighted by Crippen LogP contribution is -2.19. The predicted octanol–water partition coefficient (Wildman–Crippen LogP) is 6.32. The van der Waals surface area contributed by atoms with Crippen molar-refractivity contribution >= 4 is 35.0 Å². The molecule has 3 rings (SSSR count). The number of hydrogen-bond donors (Lipinski definition) is 1. The summed E-state index contributed by atoms with van der Waals surface area (Å²) in [6.45, 7) is 0.360. The van der Waals surface area contributed by atoms with Crippen molar-refractivity contribution in [3.05, 3.63) is 69.2 Å². The Morgan fingerprint density at radius 3 is 2.50 bits per heavy atom. The maximum atomic E-state index is 12.4. The van der Waals surface area contributed by atoms with Gasteiger partial charge in [-0.2, -0.15) is 0 Å². The smallest absolute Gasteiger partial charge is 0.505 e. The molecule has 3 nitrogen and oxygen atoms in total. The van der Waals surface area contributed by atoms with Crippen molar-refractivity contribution in [1.82, 2.24) is 4.90 Å². The van der Waals surface area contributed by atoms with Crippen molar-refractivity contribution in [2.75, 3.05) is 0 Å². The second-order valence-corrected chi connectivity index (χ2v) is 7.28. The third-order valence-electron chi connectivity index (χ3n) is 3.58. The monoisotopic (exact) mass is 421 g/mol. The van der Waals surface area contributed by atoms with Gasteiger partial charge in [0, 0.05) is 12.7 Å². The zero-order valence-electron chi connectivity index (χ0n) is 13.0. The fraction of sp³-hybridized carbons (Fsp3) is 0.176. The highest BCUT2D eigenvalue weighted by molar-refractivity contribution is 8.02. The molecule has 0 bridgehead atoms. The number of phenols is 1. The van der Waals surface area contributed by atoms with Gasteiger partial charge in [0.05, 0.1) is 10.0 Å². The van der Waals surface area contributed by atoms with E-state index >= 15 is 0 Å². The molecule has 2 aromatic rings. The van der Waals surface area contributed by atoms with Gasteiger partial charge in [0.25, 0.3) is 0 Å². The molecule has 26 heavy (non-hydrogen) atoms. The molecule has 0 spiro atoms. The van der Waals surface area contributed by atoms with Gasteiger partial charge in [0.15, 0.2) is 5.75 Å². The number of aromatic hydroxyl groups is 1. The molecule has 1 aliphatic rings. The average molecular weight is 422 g/mol. The highest BCUT2D eigenvalue weighted by atomic mass is 35.5. The third kappa shape index (κ3) is 4.52. The van der Waals surface area contributed by atoms with E-state index in [2.05, 4.69) is 4.74 Å². The van der Waals surface area contributed by atoms with Crippen molar-refractivity contribution in [2.24, 2.45) is 0 Å². The lowest BCUT2D eigenvalue weighted by atomic mass is 10.1. The van der Waals surface area contributed by atoms with E-state index in [1.165, 1.54) is 30.0 Å². The maximum absolute atomic E-state index is 12.4. The molecular formula is C17H12Cl2F3NO2S. The van der Waals surface area contributed by atoms with Gasteiger partial charge in [-0.25, -0.2) is 0 Å².